The van der Waals surface area contributed by atoms with Crippen molar-refractivity contribution in [1.29, 1.82) is 0 Å². The molecular weight excluding hydrogens is 265 g/mol. The zero-order chi connectivity index (χ0) is 14.8. The molecule has 2 atom stereocenters. The predicted octanol–water partition coefficient (Wildman–Crippen LogP) is 4.31. The molecule has 0 fully saturated rings. The summed E-state index contributed by atoms with van der Waals surface area (Å²) in [7, 11) is 0. The highest BCUT2D eigenvalue weighted by atomic mass is 19.1. The molecule has 0 aliphatic carbocycles. The van der Waals surface area contributed by atoms with Gasteiger partial charge in [0.05, 0.1) is 0 Å². The van der Waals surface area contributed by atoms with Crippen LogP contribution in [0.15, 0.2) is 42.5 Å². The van der Waals surface area contributed by atoms with E-state index in [1.807, 2.05) is 31.2 Å². The third-order valence-electron chi connectivity index (χ3n) is 4.04. The molecule has 1 aliphatic heterocycles. The lowest BCUT2D eigenvalue weighted by atomic mass is 9.91. The maximum Gasteiger partial charge on any atom is 0.126 e. The molecule has 1 heterocycles. The number of para-hydroxylation sites is 1. The summed E-state index contributed by atoms with van der Waals surface area (Å²) >= 11 is 0. The molecule has 110 valence electrons. The van der Waals surface area contributed by atoms with Crippen LogP contribution in [0.25, 0.3) is 0 Å². The Morgan fingerprint density at radius 3 is 2.76 bits per heavy atom. The fourth-order valence-electron chi connectivity index (χ4n) is 3.05. The van der Waals surface area contributed by atoms with E-state index in [2.05, 4.69) is 18.3 Å². The minimum Gasteiger partial charge on any atom is -0.485 e. The van der Waals surface area contributed by atoms with Crippen LogP contribution in [0.4, 0.5) is 4.39 Å². The first-order valence-electron chi connectivity index (χ1n) is 7.44. The van der Waals surface area contributed by atoms with E-state index in [-0.39, 0.29) is 18.0 Å². The molecule has 0 amide bonds. The first-order valence-corrected chi connectivity index (χ1v) is 7.44. The Kier molecular flexibility index (Phi) is 3.93. The van der Waals surface area contributed by atoms with Crippen molar-refractivity contribution in [2.24, 2.45) is 0 Å². The normalized spacial score (nSPS) is 20.7. The monoisotopic (exact) mass is 285 g/mol. The molecule has 1 aliphatic rings. The van der Waals surface area contributed by atoms with E-state index in [0.29, 0.717) is 0 Å². The van der Waals surface area contributed by atoms with Crippen LogP contribution in [0.5, 0.6) is 5.75 Å². The molecule has 2 unspecified atom stereocenters. The molecule has 0 saturated carbocycles. The summed E-state index contributed by atoms with van der Waals surface area (Å²) in [4.78, 5) is 0. The van der Waals surface area contributed by atoms with Gasteiger partial charge in [-0.05, 0) is 42.8 Å². The summed E-state index contributed by atoms with van der Waals surface area (Å²) < 4.78 is 19.5. The number of ether oxygens (including phenoxy) is 1. The van der Waals surface area contributed by atoms with Crippen LogP contribution in [0.2, 0.25) is 0 Å². The summed E-state index contributed by atoms with van der Waals surface area (Å²) in [6, 6.07) is 13.3. The molecule has 0 bridgehead atoms. The van der Waals surface area contributed by atoms with Crippen molar-refractivity contribution >= 4 is 0 Å². The van der Waals surface area contributed by atoms with Crippen molar-refractivity contribution in [1.82, 2.24) is 5.32 Å². The second-order valence-corrected chi connectivity index (χ2v) is 5.49. The minimum absolute atomic E-state index is 0.0375. The smallest absolute Gasteiger partial charge is 0.126 e. The van der Waals surface area contributed by atoms with Crippen molar-refractivity contribution in [3.8, 4) is 5.75 Å². The first-order chi connectivity index (χ1) is 10.2. The van der Waals surface area contributed by atoms with E-state index < -0.39 is 0 Å². The number of fused-ring (bicyclic) bond motifs is 1. The van der Waals surface area contributed by atoms with Crippen molar-refractivity contribution in [3.63, 3.8) is 0 Å². The first kappa shape index (κ1) is 14.1. The van der Waals surface area contributed by atoms with Crippen LogP contribution in [0.1, 0.15) is 42.2 Å². The SMILES string of the molecule is CCNC1CC(c2ccc(F)cc2C)Oc2ccccc21. The van der Waals surface area contributed by atoms with E-state index in [9.17, 15) is 4.39 Å². The fraction of sp³-hybridized carbons (Fsp3) is 0.333. The second kappa shape index (κ2) is 5.86. The van der Waals surface area contributed by atoms with Gasteiger partial charge in [-0.2, -0.15) is 0 Å². The van der Waals surface area contributed by atoms with Gasteiger partial charge in [0.25, 0.3) is 0 Å². The zero-order valence-electron chi connectivity index (χ0n) is 12.4. The summed E-state index contributed by atoms with van der Waals surface area (Å²) in [6.07, 6.45) is 0.821. The van der Waals surface area contributed by atoms with Crippen LogP contribution < -0.4 is 10.1 Å². The lowest BCUT2D eigenvalue weighted by Crippen LogP contribution is -2.29. The quantitative estimate of drug-likeness (QED) is 0.907. The molecule has 0 spiro atoms. The summed E-state index contributed by atoms with van der Waals surface area (Å²) in [5.74, 6) is 0.721. The van der Waals surface area contributed by atoms with E-state index in [1.54, 1.807) is 6.07 Å². The van der Waals surface area contributed by atoms with Gasteiger partial charge in [-0.1, -0.05) is 31.2 Å². The summed E-state index contributed by atoms with van der Waals surface area (Å²) in [5.41, 5.74) is 3.21. The topological polar surface area (TPSA) is 21.3 Å². The van der Waals surface area contributed by atoms with Crippen LogP contribution in [0, 0.1) is 12.7 Å². The fourth-order valence-corrected chi connectivity index (χ4v) is 3.05. The van der Waals surface area contributed by atoms with Gasteiger partial charge < -0.3 is 10.1 Å². The molecule has 0 aromatic heterocycles. The van der Waals surface area contributed by atoms with Crippen LogP contribution >= 0.6 is 0 Å². The third-order valence-corrected chi connectivity index (χ3v) is 4.04. The number of hydrogen-bond acceptors (Lipinski definition) is 2. The molecular formula is C18H20FNO. The summed E-state index contributed by atoms with van der Waals surface area (Å²) in [5, 5.41) is 3.52. The van der Waals surface area contributed by atoms with E-state index >= 15 is 0 Å². The van der Waals surface area contributed by atoms with Gasteiger partial charge >= 0.3 is 0 Å². The Labute approximate surface area is 125 Å². The molecule has 2 aromatic rings. The summed E-state index contributed by atoms with van der Waals surface area (Å²) in [6.45, 7) is 4.95. The van der Waals surface area contributed by atoms with E-state index in [4.69, 9.17) is 4.74 Å². The lowest BCUT2D eigenvalue weighted by molar-refractivity contribution is 0.151. The average Bonchev–Trinajstić information content (AvgIpc) is 2.47. The number of benzene rings is 2. The zero-order valence-corrected chi connectivity index (χ0v) is 12.4. The van der Waals surface area contributed by atoms with Gasteiger partial charge in [0.15, 0.2) is 0 Å². The number of nitrogens with one attached hydrogen (secondary N) is 1. The highest BCUT2D eigenvalue weighted by Crippen LogP contribution is 2.41. The minimum atomic E-state index is -0.198. The molecule has 2 nitrogen and oxygen atoms in total. The predicted molar refractivity (Wildman–Crippen MR) is 82.0 cm³/mol. The van der Waals surface area contributed by atoms with Gasteiger partial charge in [-0.3, -0.25) is 0 Å². The standard InChI is InChI=1S/C18H20FNO/c1-3-20-16-11-18(14-9-8-13(19)10-12(14)2)21-17-7-5-4-6-15(16)17/h4-10,16,18,20H,3,11H2,1-2H3. The highest BCUT2D eigenvalue weighted by molar-refractivity contribution is 5.40. The Morgan fingerprint density at radius 2 is 2.00 bits per heavy atom. The molecule has 3 heteroatoms. The second-order valence-electron chi connectivity index (χ2n) is 5.49. The van der Waals surface area contributed by atoms with E-state index in [1.165, 1.54) is 11.6 Å². The molecule has 0 saturated heterocycles. The Bertz CT molecular complexity index is 641. The number of hydrogen-bond donors (Lipinski definition) is 1. The van der Waals surface area contributed by atoms with Gasteiger partial charge in [0.1, 0.15) is 17.7 Å². The number of rotatable bonds is 3. The van der Waals surface area contributed by atoms with Crippen molar-refractivity contribution in [2.45, 2.75) is 32.4 Å². The lowest BCUT2D eigenvalue weighted by Gasteiger charge is -2.33. The van der Waals surface area contributed by atoms with Gasteiger partial charge in [-0.15, -0.1) is 0 Å². The Balaban J connectivity index is 1.95. The average molecular weight is 285 g/mol. The van der Waals surface area contributed by atoms with Crippen LogP contribution in [-0.2, 0) is 0 Å². The Morgan fingerprint density at radius 1 is 1.19 bits per heavy atom. The van der Waals surface area contributed by atoms with Crippen molar-refractivity contribution in [3.05, 3.63) is 65.0 Å². The van der Waals surface area contributed by atoms with Gasteiger partial charge in [0, 0.05) is 18.0 Å². The molecule has 2 aromatic carbocycles. The van der Waals surface area contributed by atoms with Crippen LogP contribution in [-0.4, -0.2) is 6.54 Å². The molecule has 21 heavy (non-hydrogen) atoms. The maximum atomic E-state index is 13.3. The van der Waals surface area contributed by atoms with E-state index in [0.717, 1.165) is 29.8 Å². The number of halogens is 1. The largest absolute Gasteiger partial charge is 0.485 e. The molecule has 0 radical (unpaired) electrons. The third kappa shape index (κ3) is 2.79. The maximum absolute atomic E-state index is 13.3. The molecule has 1 N–H and O–H groups in total. The van der Waals surface area contributed by atoms with Gasteiger partial charge in [0.2, 0.25) is 0 Å². The molecule has 3 rings (SSSR count). The van der Waals surface area contributed by atoms with Crippen molar-refractivity contribution < 1.29 is 9.13 Å². The highest BCUT2D eigenvalue weighted by Gasteiger charge is 2.29. The van der Waals surface area contributed by atoms with Gasteiger partial charge in [-0.25, -0.2) is 4.39 Å². The van der Waals surface area contributed by atoms with Crippen LogP contribution in [0.3, 0.4) is 0 Å². The Hall–Kier alpha value is -1.87. The number of aryl methyl sites for hydroxylation is 1. The van der Waals surface area contributed by atoms with Crippen molar-refractivity contribution in [2.75, 3.05) is 6.54 Å².